The van der Waals surface area contributed by atoms with Gasteiger partial charge in [-0.2, -0.15) is 0 Å². The number of benzene rings is 1. The Bertz CT molecular complexity index is 463. The molecule has 1 rings (SSSR count). The zero-order chi connectivity index (χ0) is 12.7. The van der Waals surface area contributed by atoms with Gasteiger partial charge in [0, 0.05) is 5.56 Å². The van der Waals surface area contributed by atoms with Crippen LogP contribution < -0.4 is 15.8 Å². The second-order valence-corrected chi connectivity index (χ2v) is 3.13. The molecule has 0 aliphatic carbocycles. The number of nitrogens with two attached hydrogens (primary N) is 1. The van der Waals surface area contributed by atoms with Gasteiger partial charge in [-0.1, -0.05) is 11.8 Å². The fourth-order valence-electron chi connectivity index (χ4n) is 1.11. The van der Waals surface area contributed by atoms with Crippen LogP contribution in [0.15, 0.2) is 18.2 Å². The summed E-state index contributed by atoms with van der Waals surface area (Å²) in [6.45, 7) is 0.114. The minimum Gasteiger partial charge on any atom is -0.494 e. The van der Waals surface area contributed by atoms with Gasteiger partial charge in [-0.3, -0.25) is 4.79 Å². The van der Waals surface area contributed by atoms with Crippen molar-refractivity contribution in [3.8, 4) is 17.6 Å². The molecule has 1 amide bonds. The lowest BCUT2D eigenvalue weighted by Gasteiger charge is -2.00. The number of amides is 1. The second kappa shape index (κ2) is 6.51. The predicted molar refractivity (Wildman–Crippen MR) is 61.9 cm³/mol. The summed E-state index contributed by atoms with van der Waals surface area (Å²) >= 11 is 0. The molecule has 0 unspecified atom stereocenters. The first-order valence-electron chi connectivity index (χ1n) is 4.96. The lowest BCUT2D eigenvalue weighted by molar-refractivity contribution is -0.119. The van der Waals surface area contributed by atoms with Gasteiger partial charge in [-0.05, 0) is 18.2 Å². The van der Waals surface area contributed by atoms with Gasteiger partial charge in [-0.25, -0.2) is 4.39 Å². The van der Waals surface area contributed by atoms with Gasteiger partial charge in [-0.15, -0.1) is 0 Å². The van der Waals surface area contributed by atoms with Crippen molar-refractivity contribution in [3.63, 3.8) is 0 Å². The van der Waals surface area contributed by atoms with Gasteiger partial charge in [0.1, 0.15) is 0 Å². The minimum absolute atomic E-state index is 0.0706. The van der Waals surface area contributed by atoms with E-state index in [0.717, 1.165) is 0 Å². The third-order valence-corrected chi connectivity index (χ3v) is 1.94. The van der Waals surface area contributed by atoms with Crippen molar-refractivity contribution in [3.05, 3.63) is 29.6 Å². The van der Waals surface area contributed by atoms with E-state index in [-0.39, 0.29) is 24.7 Å². The molecule has 0 radical (unpaired) electrons. The number of carbonyl (C=O) groups is 1. The molecule has 90 valence electrons. The van der Waals surface area contributed by atoms with Gasteiger partial charge in [0.2, 0.25) is 5.91 Å². The predicted octanol–water partition coefficient (Wildman–Crippen LogP) is 0.261. The van der Waals surface area contributed by atoms with Crippen molar-refractivity contribution in [1.29, 1.82) is 0 Å². The van der Waals surface area contributed by atoms with Crippen LogP contribution >= 0.6 is 0 Å². The molecular weight excluding hydrogens is 223 g/mol. The Balaban J connectivity index is 2.60. The van der Waals surface area contributed by atoms with Crippen molar-refractivity contribution in [2.45, 2.75) is 0 Å². The Labute approximate surface area is 99.0 Å². The van der Waals surface area contributed by atoms with Gasteiger partial charge in [0.05, 0.1) is 20.2 Å². The fraction of sp³-hybridized carbons (Fsp3) is 0.250. The Morgan fingerprint density at radius 2 is 2.35 bits per heavy atom. The zero-order valence-electron chi connectivity index (χ0n) is 9.42. The molecule has 0 aliphatic rings. The number of hydrogen-bond donors (Lipinski definition) is 2. The lowest BCUT2D eigenvalue weighted by atomic mass is 10.2. The van der Waals surface area contributed by atoms with Crippen molar-refractivity contribution < 1.29 is 13.9 Å². The summed E-state index contributed by atoms with van der Waals surface area (Å²) in [5.41, 5.74) is 5.61. The van der Waals surface area contributed by atoms with E-state index in [4.69, 9.17) is 10.5 Å². The van der Waals surface area contributed by atoms with Gasteiger partial charge in [0.25, 0.3) is 0 Å². The molecule has 17 heavy (non-hydrogen) atoms. The van der Waals surface area contributed by atoms with E-state index < -0.39 is 5.82 Å². The molecule has 0 saturated heterocycles. The van der Waals surface area contributed by atoms with Gasteiger partial charge in [0.15, 0.2) is 11.6 Å². The molecule has 0 saturated carbocycles. The minimum atomic E-state index is -0.467. The van der Waals surface area contributed by atoms with Crippen molar-refractivity contribution in [2.24, 2.45) is 5.73 Å². The van der Waals surface area contributed by atoms with Crippen LogP contribution in [-0.4, -0.2) is 26.1 Å². The molecule has 3 N–H and O–H groups in total. The van der Waals surface area contributed by atoms with Crippen molar-refractivity contribution >= 4 is 5.91 Å². The highest BCUT2D eigenvalue weighted by atomic mass is 19.1. The number of methoxy groups -OCH3 is 1. The second-order valence-electron chi connectivity index (χ2n) is 3.13. The maximum atomic E-state index is 13.3. The summed E-state index contributed by atoms with van der Waals surface area (Å²) in [5, 5.41) is 2.48. The monoisotopic (exact) mass is 236 g/mol. The number of carbonyl (C=O) groups excluding carboxylic acids is 1. The van der Waals surface area contributed by atoms with E-state index in [1.54, 1.807) is 6.07 Å². The van der Waals surface area contributed by atoms with E-state index in [9.17, 15) is 9.18 Å². The first-order chi connectivity index (χ1) is 8.17. The molecule has 0 spiro atoms. The van der Waals surface area contributed by atoms with Crippen LogP contribution in [0.5, 0.6) is 5.75 Å². The van der Waals surface area contributed by atoms with Crippen molar-refractivity contribution in [1.82, 2.24) is 5.32 Å². The molecule has 5 heteroatoms. The van der Waals surface area contributed by atoms with Crippen LogP contribution in [0.4, 0.5) is 4.39 Å². The van der Waals surface area contributed by atoms with Gasteiger partial charge >= 0.3 is 0 Å². The Morgan fingerprint density at radius 1 is 1.59 bits per heavy atom. The van der Waals surface area contributed by atoms with E-state index >= 15 is 0 Å². The summed E-state index contributed by atoms with van der Waals surface area (Å²) in [6, 6.07) is 4.41. The van der Waals surface area contributed by atoms with E-state index in [0.29, 0.717) is 5.56 Å². The molecule has 0 fully saturated rings. The van der Waals surface area contributed by atoms with E-state index in [1.165, 1.54) is 19.2 Å². The fourth-order valence-corrected chi connectivity index (χ4v) is 1.11. The molecule has 0 heterocycles. The summed E-state index contributed by atoms with van der Waals surface area (Å²) in [4.78, 5) is 10.8. The number of halogens is 1. The quantitative estimate of drug-likeness (QED) is 0.740. The molecule has 4 nitrogen and oxygen atoms in total. The molecule has 1 aromatic carbocycles. The van der Waals surface area contributed by atoms with Crippen molar-refractivity contribution in [2.75, 3.05) is 20.2 Å². The zero-order valence-corrected chi connectivity index (χ0v) is 9.42. The first-order valence-corrected chi connectivity index (χ1v) is 4.96. The van der Waals surface area contributed by atoms with E-state index in [1.807, 2.05) is 0 Å². The summed E-state index contributed by atoms with van der Waals surface area (Å²) in [6.07, 6.45) is 0. The maximum Gasteiger partial charge on any atom is 0.234 e. The topological polar surface area (TPSA) is 64.3 Å². The number of rotatable bonds is 3. The van der Waals surface area contributed by atoms with Crippen LogP contribution in [0.3, 0.4) is 0 Å². The van der Waals surface area contributed by atoms with Crippen LogP contribution in [0.25, 0.3) is 0 Å². The summed E-state index contributed by atoms with van der Waals surface area (Å²) in [7, 11) is 1.39. The summed E-state index contributed by atoms with van der Waals surface area (Å²) in [5.74, 6) is 4.83. The van der Waals surface area contributed by atoms with Crippen LogP contribution in [0, 0.1) is 17.7 Å². The Kier molecular flexibility index (Phi) is 4.98. The Morgan fingerprint density at radius 3 is 2.94 bits per heavy atom. The van der Waals surface area contributed by atoms with Gasteiger partial charge < -0.3 is 15.8 Å². The SMILES string of the molecule is COc1ccc(C#CCNC(=O)CN)cc1F. The number of hydrogen-bond acceptors (Lipinski definition) is 3. The summed E-state index contributed by atoms with van der Waals surface area (Å²) < 4.78 is 18.0. The standard InChI is InChI=1S/C12H13FN2O2/c1-17-11-5-4-9(7-10(11)13)3-2-6-15-12(16)8-14/h4-5,7H,6,8,14H2,1H3,(H,15,16). The third kappa shape index (κ3) is 4.13. The Hall–Kier alpha value is -2.06. The molecular formula is C12H13FN2O2. The normalized spacial score (nSPS) is 9.12. The first kappa shape index (κ1) is 13.0. The molecule has 0 aromatic heterocycles. The average molecular weight is 236 g/mol. The molecule has 0 aliphatic heterocycles. The molecule has 0 bridgehead atoms. The highest BCUT2D eigenvalue weighted by Crippen LogP contribution is 2.16. The average Bonchev–Trinajstić information content (AvgIpc) is 2.34. The number of ether oxygens (including phenoxy) is 1. The van der Waals surface area contributed by atoms with Crippen LogP contribution in [0.1, 0.15) is 5.56 Å². The highest BCUT2D eigenvalue weighted by molar-refractivity contribution is 5.77. The van der Waals surface area contributed by atoms with Crippen LogP contribution in [0.2, 0.25) is 0 Å². The van der Waals surface area contributed by atoms with E-state index in [2.05, 4.69) is 17.2 Å². The third-order valence-electron chi connectivity index (χ3n) is 1.94. The smallest absolute Gasteiger partial charge is 0.234 e. The maximum absolute atomic E-state index is 13.3. The van der Waals surface area contributed by atoms with Crippen LogP contribution in [-0.2, 0) is 4.79 Å². The number of nitrogens with one attached hydrogen (secondary N) is 1. The largest absolute Gasteiger partial charge is 0.494 e. The molecule has 1 aromatic rings. The highest BCUT2D eigenvalue weighted by Gasteiger charge is 2.01. The molecule has 0 atom stereocenters. The lowest BCUT2D eigenvalue weighted by Crippen LogP contribution is -2.30.